The van der Waals surface area contributed by atoms with Gasteiger partial charge < -0.3 is 19.6 Å². The first-order valence-electron chi connectivity index (χ1n) is 7.20. The van der Waals surface area contributed by atoms with E-state index in [2.05, 4.69) is 4.74 Å². The SMILES string of the molecule is COC(=O)N(C)CCCC(=O)N(C)Cc1ccc(C(=O)O)cc1. The number of hydrogen-bond acceptors (Lipinski definition) is 4. The molecule has 7 nitrogen and oxygen atoms in total. The Labute approximate surface area is 135 Å². The van der Waals surface area contributed by atoms with Gasteiger partial charge in [0.05, 0.1) is 12.7 Å². The number of carbonyl (C=O) groups excluding carboxylic acids is 2. The maximum Gasteiger partial charge on any atom is 0.409 e. The summed E-state index contributed by atoms with van der Waals surface area (Å²) in [5.74, 6) is -1.01. The van der Waals surface area contributed by atoms with Crippen LogP contribution in [0.1, 0.15) is 28.8 Å². The second kappa shape index (κ2) is 8.77. The molecule has 1 aromatic carbocycles. The minimum atomic E-state index is -0.976. The van der Waals surface area contributed by atoms with E-state index in [1.807, 2.05) is 0 Å². The van der Waals surface area contributed by atoms with Gasteiger partial charge in [0.1, 0.15) is 0 Å². The fourth-order valence-electron chi connectivity index (χ4n) is 2.02. The first-order valence-corrected chi connectivity index (χ1v) is 7.20. The minimum Gasteiger partial charge on any atom is -0.478 e. The number of hydrogen-bond donors (Lipinski definition) is 1. The van der Waals surface area contributed by atoms with E-state index in [0.29, 0.717) is 25.9 Å². The summed E-state index contributed by atoms with van der Waals surface area (Å²) in [6.07, 6.45) is 0.446. The molecule has 1 aromatic rings. The molecule has 126 valence electrons. The standard InChI is InChI=1S/C16H22N2O5/c1-17(16(22)23-3)10-4-5-14(19)18(2)11-12-6-8-13(9-7-12)15(20)21/h6-9H,4-5,10-11H2,1-3H3,(H,20,21). The van der Waals surface area contributed by atoms with Gasteiger partial charge in [-0.25, -0.2) is 9.59 Å². The fourth-order valence-corrected chi connectivity index (χ4v) is 2.02. The molecular weight excluding hydrogens is 300 g/mol. The molecule has 0 aliphatic carbocycles. The van der Waals surface area contributed by atoms with Crippen molar-refractivity contribution < 1.29 is 24.2 Å². The van der Waals surface area contributed by atoms with Crippen molar-refractivity contribution in [2.24, 2.45) is 0 Å². The van der Waals surface area contributed by atoms with Crippen LogP contribution in [0.3, 0.4) is 0 Å². The highest BCUT2D eigenvalue weighted by molar-refractivity contribution is 5.87. The van der Waals surface area contributed by atoms with Crippen molar-refractivity contribution in [1.82, 2.24) is 9.80 Å². The smallest absolute Gasteiger partial charge is 0.409 e. The lowest BCUT2D eigenvalue weighted by molar-refractivity contribution is -0.130. The van der Waals surface area contributed by atoms with Gasteiger partial charge in [-0.2, -0.15) is 0 Å². The van der Waals surface area contributed by atoms with E-state index in [1.54, 1.807) is 31.1 Å². The van der Waals surface area contributed by atoms with Crippen LogP contribution in [0.2, 0.25) is 0 Å². The second-order valence-electron chi connectivity index (χ2n) is 5.25. The Kier molecular flexibility index (Phi) is 7.05. The molecular formula is C16H22N2O5. The van der Waals surface area contributed by atoms with E-state index in [9.17, 15) is 14.4 Å². The number of methoxy groups -OCH3 is 1. The number of ether oxygens (including phenoxy) is 1. The average molecular weight is 322 g/mol. The third-order valence-electron chi connectivity index (χ3n) is 3.42. The van der Waals surface area contributed by atoms with Crippen molar-refractivity contribution in [3.05, 3.63) is 35.4 Å². The summed E-state index contributed by atoms with van der Waals surface area (Å²) in [7, 11) is 4.62. The summed E-state index contributed by atoms with van der Waals surface area (Å²) in [5, 5.41) is 8.84. The number of carbonyl (C=O) groups is 3. The third-order valence-corrected chi connectivity index (χ3v) is 3.42. The first-order chi connectivity index (χ1) is 10.8. The monoisotopic (exact) mass is 322 g/mol. The van der Waals surface area contributed by atoms with Crippen LogP contribution < -0.4 is 0 Å². The van der Waals surface area contributed by atoms with Crippen molar-refractivity contribution in [3.8, 4) is 0 Å². The van der Waals surface area contributed by atoms with Gasteiger partial charge in [0, 0.05) is 33.6 Å². The molecule has 0 saturated heterocycles. The number of rotatable bonds is 7. The predicted molar refractivity (Wildman–Crippen MR) is 84.1 cm³/mol. The van der Waals surface area contributed by atoms with Gasteiger partial charge in [-0.1, -0.05) is 12.1 Å². The molecule has 1 rings (SSSR count). The molecule has 0 spiro atoms. The number of benzene rings is 1. The summed E-state index contributed by atoms with van der Waals surface area (Å²) < 4.78 is 4.57. The molecule has 0 aromatic heterocycles. The highest BCUT2D eigenvalue weighted by Crippen LogP contribution is 2.08. The number of aromatic carboxylic acids is 1. The molecule has 1 N–H and O–H groups in total. The number of carboxylic acid groups (broad SMARTS) is 1. The van der Waals surface area contributed by atoms with Crippen LogP contribution in [0, 0.1) is 0 Å². The van der Waals surface area contributed by atoms with Crippen LogP contribution in [0.15, 0.2) is 24.3 Å². The van der Waals surface area contributed by atoms with E-state index >= 15 is 0 Å². The average Bonchev–Trinajstić information content (AvgIpc) is 2.54. The highest BCUT2D eigenvalue weighted by atomic mass is 16.5. The molecule has 0 atom stereocenters. The van der Waals surface area contributed by atoms with Crippen LogP contribution in [0.5, 0.6) is 0 Å². The van der Waals surface area contributed by atoms with Crippen LogP contribution >= 0.6 is 0 Å². The Balaban J connectivity index is 2.41. The van der Waals surface area contributed by atoms with Gasteiger partial charge in [0.2, 0.25) is 5.91 Å². The predicted octanol–water partition coefficient (Wildman–Crippen LogP) is 1.82. The van der Waals surface area contributed by atoms with Crippen LogP contribution in [0.4, 0.5) is 4.79 Å². The van der Waals surface area contributed by atoms with Crippen molar-refractivity contribution in [3.63, 3.8) is 0 Å². The zero-order chi connectivity index (χ0) is 17.4. The Bertz CT molecular complexity index is 556. The van der Waals surface area contributed by atoms with Gasteiger partial charge in [-0.15, -0.1) is 0 Å². The van der Waals surface area contributed by atoms with Gasteiger partial charge in [-0.3, -0.25) is 4.79 Å². The van der Waals surface area contributed by atoms with E-state index in [1.165, 1.54) is 24.1 Å². The molecule has 7 heteroatoms. The van der Waals surface area contributed by atoms with Crippen LogP contribution in [0.25, 0.3) is 0 Å². The summed E-state index contributed by atoms with van der Waals surface area (Å²) in [4.78, 5) is 37.0. The quantitative estimate of drug-likeness (QED) is 0.827. The minimum absolute atomic E-state index is 0.0365. The Morgan fingerprint density at radius 1 is 1.09 bits per heavy atom. The maximum absolute atomic E-state index is 12.0. The molecule has 0 saturated carbocycles. The zero-order valence-electron chi connectivity index (χ0n) is 13.6. The molecule has 0 aliphatic rings. The van der Waals surface area contributed by atoms with Crippen molar-refractivity contribution in [2.75, 3.05) is 27.7 Å². The molecule has 0 fully saturated rings. The van der Waals surface area contributed by atoms with E-state index in [4.69, 9.17) is 5.11 Å². The topological polar surface area (TPSA) is 87.2 Å². The lowest BCUT2D eigenvalue weighted by atomic mass is 10.1. The number of carboxylic acids is 1. The zero-order valence-corrected chi connectivity index (χ0v) is 13.6. The second-order valence-corrected chi connectivity index (χ2v) is 5.25. The van der Waals surface area contributed by atoms with Gasteiger partial charge in [0.15, 0.2) is 0 Å². The van der Waals surface area contributed by atoms with Crippen LogP contribution in [-0.4, -0.2) is 60.6 Å². The summed E-state index contributed by atoms with van der Waals surface area (Å²) >= 11 is 0. The normalized spacial score (nSPS) is 10.0. The Morgan fingerprint density at radius 2 is 1.70 bits per heavy atom. The summed E-state index contributed by atoms with van der Waals surface area (Å²) in [6.45, 7) is 0.852. The highest BCUT2D eigenvalue weighted by Gasteiger charge is 2.12. The summed E-state index contributed by atoms with van der Waals surface area (Å²) in [5.41, 5.74) is 1.08. The lowest BCUT2D eigenvalue weighted by Crippen LogP contribution is -2.30. The van der Waals surface area contributed by atoms with E-state index in [-0.39, 0.29) is 11.5 Å². The van der Waals surface area contributed by atoms with Crippen molar-refractivity contribution in [1.29, 1.82) is 0 Å². The van der Waals surface area contributed by atoms with Gasteiger partial charge >= 0.3 is 12.1 Å². The molecule has 0 heterocycles. The molecule has 0 bridgehead atoms. The third kappa shape index (κ3) is 5.98. The summed E-state index contributed by atoms with van der Waals surface area (Å²) in [6, 6.07) is 6.42. The largest absolute Gasteiger partial charge is 0.478 e. The van der Waals surface area contributed by atoms with Crippen molar-refractivity contribution in [2.45, 2.75) is 19.4 Å². The Hall–Kier alpha value is -2.57. The van der Waals surface area contributed by atoms with E-state index in [0.717, 1.165) is 5.56 Å². The van der Waals surface area contributed by atoms with Gasteiger partial charge in [-0.05, 0) is 24.1 Å². The molecule has 23 heavy (non-hydrogen) atoms. The van der Waals surface area contributed by atoms with Crippen LogP contribution in [-0.2, 0) is 16.1 Å². The fraction of sp³-hybridized carbons (Fsp3) is 0.438. The molecule has 0 aliphatic heterocycles. The number of nitrogens with zero attached hydrogens (tertiary/aromatic N) is 2. The van der Waals surface area contributed by atoms with E-state index < -0.39 is 12.1 Å². The first kappa shape index (κ1) is 18.5. The molecule has 2 amide bonds. The maximum atomic E-state index is 12.0. The molecule has 0 unspecified atom stereocenters. The number of amides is 2. The Morgan fingerprint density at radius 3 is 2.22 bits per heavy atom. The lowest BCUT2D eigenvalue weighted by Gasteiger charge is -2.19. The van der Waals surface area contributed by atoms with Gasteiger partial charge in [0.25, 0.3) is 0 Å². The van der Waals surface area contributed by atoms with Crippen molar-refractivity contribution >= 4 is 18.0 Å². The molecule has 0 radical (unpaired) electrons.